The summed E-state index contributed by atoms with van der Waals surface area (Å²) in [6.07, 6.45) is 4.34. The van der Waals surface area contributed by atoms with Crippen molar-refractivity contribution in [3.8, 4) is 11.5 Å². The molecular weight excluding hydrogens is 506 g/mol. The van der Waals surface area contributed by atoms with Crippen LogP contribution in [0.15, 0.2) is 77.9 Å². The number of rotatable bonds is 12. The summed E-state index contributed by atoms with van der Waals surface area (Å²) in [5.74, 6) is 2.30. The molecule has 5 aromatic rings. The third-order valence-electron chi connectivity index (χ3n) is 6.86. The van der Waals surface area contributed by atoms with Crippen LogP contribution in [0.25, 0.3) is 10.9 Å². The Kier molecular flexibility index (Phi) is 8.46. The van der Waals surface area contributed by atoms with E-state index in [-0.39, 0.29) is 11.6 Å². The van der Waals surface area contributed by atoms with Gasteiger partial charge in [-0.05, 0) is 77.4 Å². The van der Waals surface area contributed by atoms with E-state index in [1.165, 1.54) is 0 Å². The van der Waals surface area contributed by atoms with E-state index in [0.29, 0.717) is 31.8 Å². The summed E-state index contributed by atoms with van der Waals surface area (Å²) >= 11 is 0. The third kappa shape index (κ3) is 6.18. The van der Waals surface area contributed by atoms with Gasteiger partial charge in [0, 0.05) is 41.9 Å². The number of hydrogen-bond acceptors (Lipinski definition) is 8. The zero-order valence-corrected chi connectivity index (χ0v) is 22.9. The van der Waals surface area contributed by atoms with E-state index in [4.69, 9.17) is 9.47 Å². The second-order valence-corrected chi connectivity index (χ2v) is 9.54. The predicted molar refractivity (Wildman–Crippen MR) is 152 cm³/mol. The molecule has 40 heavy (non-hydrogen) atoms. The number of aromatic nitrogens is 6. The van der Waals surface area contributed by atoms with Gasteiger partial charge in [0.25, 0.3) is 5.56 Å². The van der Waals surface area contributed by atoms with Crippen LogP contribution in [0, 0.1) is 0 Å². The summed E-state index contributed by atoms with van der Waals surface area (Å²) in [5, 5.41) is 13.7. The molecule has 0 amide bonds. The summed E-state index contributed by atoms with van der Waals surface area (Å²) in [6, 6.07) is 19.3. The van der Waals surface area contributed by atoms with Gasteiger partial charge in [0.1, 0.15) is 11.5 Å². The number of aromatic amines is 1. The zero-order valence-electron chi connectivity index (χ0n) is 22.9. The van der Waals surface area contributed by atoms with Crippen molar-refractivity contribution in [2.24, 2.45) is 0 Å². The first-order valence-electron chi connectivity index (χ1n) is 13.4. The summed E-state index contributed by atoms with van der Waals surface area (Å²) in [5.41, 5.74) is 3.38. The maximum atomic E-state index is 13.2. The Morgan fingerprint density at radius 3 is 2.55 bits per heavy atom. The van der Waals surface area contributed by atoms with Crippen LogP contribution in [0.3, 0.4) is 0 Å². The summed E-state index contributed by atoms with van der Waals surface area (Å²) < 4.78 is 12.8. The van der Waals surface area contributed by atoms with Gasteiger partial charge in [0.15, 0.2) is 5.82 Å². The number of ether oxygens (including phenoxy) is 2. The molecule has 0 aliphatic heterocycles. The van der Waals surface area contributed by atoms with Gasteiger partial charge >= 0.3 is 0 Å². The second-order valence-electron chi connectivity index (χ2n) is 9.54. The van der Waals surface area contributed by atoms with Crippen LogP contribution < -0.4 is 15.0 Å². The molecule has 0 aliphatic carbocycles. The van der Waals surface area contributed by atoms with Crippen molar-refractivity contribution < 1.29 is 9.47 Å². The Bertz CT molecular complexity index is 1600. The average Bonchev–Trinajstić information content (AvgIpc) is 3.42. The topological polar surface area (TPSA) is 111 Å². The highest BCUT2D eigenvalue weighted by atomic mass is 16.5. The number of fused-ring (bicyclic) bond motifs is 1. The van der Waals surface area contributed by atoms with Crippen molar-refractivity contribution in [1.82, 2.24) is 35.1 Å². The summed E-state index contributed by atoms with van der Waals surface area (Å²) in [6.45, 7) is 6.10. The van der Waals surface area contributed by atoms with Crippen molar-refractivity contribution in [3.05, 3.63) is 106 Å². The highest BCUT2D eigenvalue weighted by molar-refractivity contribution is 5.80. The normalized spacial score (nSPS) is 12.1. The van der Waals surface area contributed by atoms with Crippen molar-refractivity contribution >= 4 is 10.9 Å². The van der Waals surface area contributed by atoms with E-state index < -0.39 is 0 Å². The Morgan fingerprint density at radius 1 is 1.00 bits per heavy atom. The Labute approximate surface area is 232 Å². The van der Waals surface area contributed by atoms with Gasteiger partial charge in [-0.25, -0.2) is 4.68 Å². The standard InChI is InChI=1S/C30H33N7O3/c1-4-28(29-33-34-35-37(29)19-21-8-10-25(39-3)11-9-21)36(18-22-7-6-14-31-17-22)20-24-15-23-16-26(40-5-2)12-13-27(23)32-30(24)38/h6-17,28H,4-5,18-20H2,1-3H3,(H,32,38). The van der Waals surface area contributed by atoms with E-state index >= 15 is 0 Å². The van der Waals surface area contributed by atoms with Crippen LogP contribution >= 0.6 is 0 Å². The van der Waals surface area contributed by atoms with E-state index in [1.54, 1.807) is 13.3 Å². The largest absolute Gasteiger partial charge is 0.497 e. The molecule has 1 atom stereocenters. The first-order chi connectivity index (χ1) is 19.6. The van der Waals surface area contributed by atoms with Crippen LogP contribution in [0.2, 0.25) is 0 Å². The molecule has 206 valence electrons. The van der Waals surface area contributed by atoms with Crippen molar-refractivity contribution in [2.75, 3.05) is 13.7 Å². The minimum atomic E-state index is -0.154. The first-order valence-corrected chi connectivity index (χ1v) is 13.4. The number of nitrogens with zero attached hydrogens (tertiary/aromatic N) is 6. The van der Waals surface area contributed by atoms with Gasteiger partial charge in [-0.15, -0.1) is 5.10 Å². The molecule has 1 N–H and O–H groups in total. The Hall–Kier alpha value is -4.57. The van der Waals surface area contributed by atoms with Gasteiger partial charge in [0.05, 0.1) is 26.3 Å². The van der Waals surface area contributed by atoms with E-state index in [0.717, 1.165) is 45.8 Å². The van der Waals surface area contributed by atoms with Crippen molar-refractivity contribution in [2.45, 2.75) is 45.9 Å². The minimum absolute atomic E-state index is 0.125. The van der Waals surface area contributed by atoms with E-state index in [1.807, 2.05) is 78.5 Å². The number of pyridine rings is 2. The number of nitrogens with one attached hydrogen (secondary N) is 1. The molecule has 0 bridgehead atoms. The lowest BCUT2D eigenvalue weighted by Crippen LogP contribution is -2.32. The molecule has 0 aliphatic rings. The fourth-order valence-corrected chi connectivity index (χ4v) is 4.90. The van der Waals surface area contributed by atoms with Crippen LogP contribution in [-0.4, -0.2) is 48.8 Å². The summed E-state index contributed by atoms with van der Waals surface area (Å²) in [4.78, 5) is 22.8. The van der Waals surface area contributed by atoms with Crippen molar-refractivity contribution in [1.29, 1.82) is 0 Å². The van der Waals surface area contributed by atoms with Crippen LogP contribution in [0.5, 0.6) is 11.5 Å². The zero-order chi connectivity index (χ0) is 27.9. The molecule has 2 aromatic carbocycles. The highest BCUT2D eigenvalue weighted by Gasteiger charge is 2.26. The van der Waals surface area contributed by atoms with E-state index in [2.05, 4.69) is 37.3 Å². The lowest BCUT2D eigenvalue weighted by Gasteiger charge is -2.30. The van der Waals surface area contributed by atoms with Crippen LogP contribution in [0.4, 0.5) is 0 Å². The highest BCUT2D eigenvalue weighted by Crippen LogP contribution is 2.27. The van der Waals surface area contributed by atoms with Gasteiger partial charge in [-0.1, -0.05) is 25.1 Å². The van der Waals surface area contributed by atoms with Crippen LogP contribution in [-0.2, 0) is 19.6 Å². The summed E-state index contributed by atoms with van der Waals surface area (Å²) in [7, 11) is 1.65. The molecular formula is C30H33N7O3. The SMILES string of the molecule is CCOc1ccc2[nH]c(=O)c(CN(Cc3cccnc3)C(CC)c3nnnn3Cc3ccc(OC)cc3)cc2c1. The number of hydrogen-bond donors (Lipinski definition) is 1. The number of H-pyrrole nitrogens is 1. The molecule has 3 aromatic heterocycles. The predicted octanol–water partition coefficient (Wildman–Crippen LogP) is 4.52. The van der Waals surface area contributed by atoms with Gasteiger partial charge < -0.3 is 14.5 Å². The van der Waals surface area contributed by atoms with E-state index in [9.17, 15) is 4.79 Å². The molecule has 0 saturated heterocycles. The second kappa shape index (κ2) is 12.5. The quantitative estimate of drug-likeness (QED) is 0.246. The first kappa shape index (κ1) is 27.0. The maximum Gasteiger partial charge on any atom is 0.252 e. The smallest absolute Gasteiger partial charge is 0.252 e. The number of benzene rings is 2. The number of tetrazole rings is 1. The molecule has 0 radical (unpaired) electrons. The van der Waals surface area contributed by atoms with Gasteiger partial charge in [0.2, 0.25) is 0 Å². The molecule has 5 rings (SSSR count). The molecule has 0 fully saturated rings. The fourth-order valence-electron chi connectivity index (χ4n) is 4.90. The number of methoxy groups -OCH3 is 1. The molecule has 1 unspecified atom stereocenters. The monoisotopic (exact) mass is 539 g/mol. The molecule has 10 nitrogen and oxygen atoms in total. The lowest BCUT2D eigenvalue weighted by atomic mass is 10.1. The van der Waals surface area contributed by atoms with Crippen LogP contribution in [0.1, 0.15) is 48.8 Å². The fraction of sp³-hybridized carbons (Fsp3) is 0.300. The average molecular weight is 540 g/mol. The molecule has 0 spiro atoms. The lowest BCUT2D eigenvalue weighted by molar-refractivity contribution is 0.161. The Morgan fingerprint density at radius 2 is 1.82 bits per heavy atom. The van der Waals surface area contributed by atoms with Gasteiger partial charge in [-0.3, -0.25) is 14.7 Å². The Balaban J connectivity index is 1.49. The van der Waals surface area contributed by atoms with Gasteiger partial charge in [-0.2, -0.15) is 0 Å². The molecule has 0 saturated carbocycles. The molecule has 10 heteroatoms. The minimum Gasteiger partial charge on any atom is -0.497 e. The molecule has 3 heterocycles. The maximum absolute atomic E-state index is 13.2. The van der Waals surface area contributed by atoms with Crippen molar-refractivity contribution in [3.63, 3.8) is 0 Å². The third-order valence-corrected chi connectivity index (χ3v) is 6.86.